The minimum Gasteiger partial charge on any atom is -0.355 e. The summed E-state index contributed by atoms with van der Waals surface area (Å²) in [5.74, 6) is 0.991. The molecule has 0 amide bonds. The van der Waals surface area contributed by atoms with E-state index in [1.165, 1.54) is 0 Å². The minimum absolute atomic E-state index is 0.312. The van der Waals surface area contributed by atoms with Gasteiger partial charge in [-0.1, -0.05) is 0 Å². The first-order valence-electron chi connectivity index (χ1n) is 4.19. The van der Waals surface area contributed by atoms with Crippen LogP contribution in [0, 0.1) is 6.07 Å². The highest BCUT2D eigenvalue weighted by Crippen LogP contribution is 2.15. The van der Waals surface area contributed by atoms with E-state index < -0.39 is 0 Å². The second-order valence-electron chi connectivity index (χ2n) is 3.11. The van der Waals surface area contributed by atoms with E-state index in [1.54, 1.807) is 12.3 Å². The summed E-state index contributed by atoms with van der Waals surface area (Å²) in [7, 11) is 0. The first-order chi connectivity index (χ1) is 5.86. The van der Waals surface area contributed by atoms with Crippen LogP contribution < -0.4 is 10.6 Å². The van der Waals surface area contributed by atoms with Gasteiger partial charge in [-0.05, 0) is 24.6 Å². The van der Waals surface area contributed by atoms with Gasteiger partial charge in [-0.3, -0.25) is 0 Å². The molecule has 1 radical (unpaired) electrons. The molecule has 2 rings (SSSR count). The fourth-order valence-corrected chi connectivity index (χ4v) is 1.48. The van der Waals surface area contributed by atoms with E-state index in [0.29, 0.717) is 6.04 Å². The molecule has 1 aromatic rings. The zero-order valence-electron chi connectivity index (χ0n) is 6.90. The Morgan fingerprint density at radius 3 is 3.17 bits per heavy atom. The number of pyridine rings is 1. The van der Waals surface area contributed by atoms with Crippen LogP contribution in [-0.4, -0.2) is 24.1 Å². The van der Waals surface area contributed by atoms with Gasteiger partial charge in [0.05, 0.1) is 0 Å². The Bertz CT molecular complexity index is 247. The molecule has 0 aromatic carbocycles. The molecule has 0 bridgehead atoms. The summed E-state index contributed by atoms with van der Waals surface area (Å²) in [6.07, 6.45) is 2.83. The molecular weight excluding hydrogens is 150 g/mol. The van der Waals surface area contributed by atoms with Gasteiger partial charge in [-0.2, -0.15) is 0 Å². The first kappa shape index (κ1) is 7.55. The van der Waals surface area contributed by atoms with Gasteiger partial charge in [0.1, 0.15) is 5.82 Å². The molecule has 3 nitrogen and oxygen atoms in total. The number of nitrogens with zero attached hydrogens (tertiary/aromatic N) is 2. The average molecular weight is 162 g/mol. The first-order valence-corrected chi connectivity index (χ1v) is 4.19. The summed E-state index contributed by atoms with van der Waals surface area (Å²) in [5, 5.41) is 0. The highest BCUT2D eigenvalue weighted by atomic mass is 15.2. The molecule has 1 atom stereocenters. The van der Waals surface area contributed by atoms with Gasteiger partial charge in [0.25, 0.3) is 0 Å². The number of rotatable bonds is 1. The minimum atomic E-state index is 0.312. The van der Waals surface area contributed by atoms with Gasteiger partial charge < -0.3 is 10.6 Å². The van der Waals surface area contributed by atoms with Crippen molar-refractivity contribution in [1.82, 2.24) is 4.98 Å². The summed E-state index contributed by atoms with van der Waals surface area (Å²) in [4.78, 5) is 6.43. The lowest BCUT2D eigenvalue weighted by atomic mass is 10.3. The molecule has 1 unspecified atom stereocenters. The Kier molecular flexibility index (Phi) is 1.96. The summed E-state index contributed by atoms with van der Waals surface area (Å²) >= 11 is 0. The van der Waals surface area contributed by atoms with Crippen LogP contribution in [0.4, 0.5) is 5.82 Å². The molecule has 1 fully saturated rings. The zero-order chi connectivity index (χ0) is 8.39. The quantitative estimate of drug-likeness (QED) is 0.650. The molecular formula is C9H12N3. The van der Waals surface area contributed by atoms with E-state index in [9.17, 15) is 0 Å². The van der Waals surface area contributed by atoms with Crippen LogP contribution in [0.1, 0.15) is 6.42 Å². The highest BCUT2D eigenvalue weighted by Gasteiger charge is 2.19. The maximum absolute atomic E-state index is 5.78. The molecule has 1 aliphatic heterocycles. The Morgan fingerprint density at radius 2 is 2.58 bits per heavy atom. The summed E-state index contributed by atoms with van der Waals surface area (Å²) < 4.78 is 0. The zero-order valence-corrected chi connectivity index (χ0v) is 6.90. The van der Waals surface area contributed by atoms with Gasteiger partial charge in [0, 0.05) is 25.3 Å². The molecule has 0 saturated carbocycles. The molecule has 1 aliphatic rings. The van der Waals surface area contributed by atoms with Gasteiger partial charge in [-0.15, -0.1) is 0 Å². The number of hydrogen-bond donors (Lipinski definition) is 1. The van der Waals surface area contributed by atoms with Crippen LogP contribution in [0.15, 0.2) is 18.3 Å². The van der Waals surface area contributed by atoms with Crippen LogP contribution >= 0.6 is 0 Å². The van der Waals surface area contributed by atoms with E-state index in [1.807, 2.05) is 6.07 Å². The van der Waals surface area contributed by atoms with Crippen molar-refractivity contribution in [2.45, 2.75) is 12.5 Å². The molecule has 0 aliphatic carbocycles. The molecule has 1 saturated heterocycles. The third-order valence-corrected chi connectivity index (χ3v) is 2.14. The summed E-state index contributed by atoms with van der Waals surface area (Å²) in [6, 6.07) is 7.03. The predicted octanol–water partition coefficient (Wildman–Crippen LogP) is 0.419. The monoisotopic (exact) mass is 162 g/mol. The standard InChI is InChI=1S/C9H12N3/c10-8-4-6-12(7-8)9-3-1-2-5-11-9/h2-3,5,8H,4,6-7,10H2. The second kappa shape index (κ2) is 3.11. The second-order valence-corrected chi connectivity index (χ2v) is 3.11. The van der Waals surface area contributed by atoms with Crippen molar-refractivity contribution < 1.29 is 0 Å². The molecule has 2 heterocycles. The van der Waals surface area contributed by atoms with Crippen molar-refractivity contribution in [3.05, 3.63) is 24.4 Å². The van der Waals surface area contributed by atoms with Crippen molar-refractivity contribution in [1.29, 1.82) is 0 Å². The van der Waals surface area contributed by atoms with Gasteiger partial charge in [0.2, 0.25) is 0 Å². The van der Waals surface area contributed by atoms with Crippen molar-refractivity contribution in [2.24, 2.45) is 5.73 Å². The highest BCUT2D eigenvalue weighted by molar-refractivity contribution is 5.38. The normalized spacial score (nSPS) is 23.1. The van der Waals surface area contributed by atoms with E-state index in [2.05, 4.69) is 16.0 Å². The molecule has 12 heavy (non-hydrogen) atoms. The molecule has 2 N–H and O–H groups in total. The maximum Gasteiger partial charge on any atom is 0.129 e. The van der Waals surface area contributed by atoms with Crippen LogP contribution in [0.5, 0.6) is 0 Å². The van der Waals surface area contributed by atoms with E-state index in [4.69, 9.17) is 5.73 Å². The van der Waals surface area contributed by atoms with Crippen molar-refractivity contribution in [3.8, 4) is 0 Å². The molecule has 63 valence electrons. The van der Waals surface area contributed by atoms with Crippen molar-refractivity contribution in [2.75, 3.05) is 18.0 Å². The van der Waals surface area contributed by atoms with Crippen LogP contribution in [0.2, 0.25) is 0 Å². The van der Waals surface area contributed by atoms with Crippen molar-refractivity contribution >= 4 is 5.82 Å². The lowest BCUT2D eigenvalue weighted by Gasteiger charge is -2.15. The third-order valence-electron chi connectivity index (χ3n) is 2.14. The van der Waals surface area contributed by atoms with E-state index in [0.717, 1.165) is 25.3 Å². The smallest absolute Gasteiger partial charge is 0.129 e. The Labute approximate surface area is 72.2 Å². The van der Waals surface area contributed by atoms with Gasteiger partial charge in [-0.25, -0.2) is 4.98 Å². The Morgan fingerprint density at radius 1 is 1.67 bits per heavy atom. The fraction of sp³-hybridized carbons (Fsp3) is 0.444. The molecule has 0 spiro atoms. The Balaban J connectivity index is 2.11. The molecule has 1 aromatic heterocycles. The predicted molar refractivity (Wildman–Crippen MR) is 47.9 cm³/mol. The summed E-state index contributed by atoms with van der Waals surface area (Å²) in [5.41, 5.74) is 5.78. The van der Waals surface area contributed by atoms with E-state index in [-0.39, 0.29) is 0 Å². The summed E-state index contributed by atoms with van der Waals surface area (Å²) in [6.45, 7) is 1.94. The molecule has 3 heteroatoms. The number of anilines is 1. The number of aromatic nitrogens is 1. The van der Waals surface area contributed by atoms with Crippen LogP contribution in [0.25, 0.3) is 0 Å². The third kappa shape index (κ3) is 1.41. The van der Waals surface area contributed by atoms with Crippen LogP contribution in [0.3, 0.4) is 0 Å². The number of hydrogen-bond acceptors (Lipinski definition) is 3. The lowest BCUT2D eigenvalue weighted by Crippen LogP contribution is -2.26. The lowest BCUT2D eigenvalue weighted by molar-refractivity contribution is 0.751. The van der Waals surface area contributed by atoms with E-state index >= 15 is 0 Å². The van der Waals surface area contributed by atoms with Gasteiger partial charge >= 0.3 is 0 Å². The maximum atomic E-state index is 5.78. The average Bonchev–Trinajstić information content (AvgIpc) is 2.54. The largest absolute Gasteiger partial charge is 0.355 e. The SMILES string of the molecule is NC1CCN(c2c[c]ccn2)C1. The topological polar surface area (TPSA) is 42.1 Å². The Hall–Kier alpha value is -1.09. The number of nitrogens with two attached hydrogens (primary N) is 1. The fourth-order valence-electron chi connectivity index (χ4n) is 1.48. The van der Waals surface area contributed by atoms with Gasteiger partial charge in [0.15, 0.2) is 0 Å². The van der Waals surface area contributed by atoms with Crippen LogP contribution in [-0.2, 0) is 0 Å². The van der Waals surface area contributed by atoms with Crippen molar-refractivity contribution in [3.63, 3.8) is 0 Å².